The van der Waals surface area contributed by atoms with E-state index in [-0.39, 0.29) is 17.7 Å². The van der Waals surface area contributed by atoms with E-state index in [2.05, 4.69) is 10.6 Å². The molecule has 0 unspecified atom stereocenters. The standard InChI is InChI=1S/C19H18N6O/c20-17(21)16-14-4-2-1-3-11(14)7-10-15(16)25-18(26)12-5-8-13(9-6-12)24-19(22)23/h1-10H,(H3,20,21)(H,25,26)(H4,22,23,24). The maximum Gasteiger partial charge on any atom is 0.255 e. The lowest BCUT2D eigenvalue weighted by Crippen LogP contribution is -2.20. The quantitative estimate of drug-likeness (QED) is 0.319. The first-order chi connectivity index (χ1) is 12.5. The van der Waals surface area contributed by atoms with Crippen LogP contribution in [0.25, 0.3) is 10.8 Å². The van der Waals surface area contributed by atoms with Crippen LogP contribution in [0.2, 0.25) is 0 Å². The van der Waals surface area contributed by atoms with E-state index in [9.17, 15) is 4.79 Å². The van der Waals surface area contributed by atoms with Crippen LogP contribution in [-0.4, -0.2) is 17.7 Å². The van der Waals surface area contributed by atoms with Crippen LogP contribution < -0.4 is 22.1 Å². The molecule has 1 amide bonds. The highest BCUT2D eigenvalue weighted by Crippen LogP contribution is 2.26. The second-order valence-corrected chi connectivity index (χ2v) is 5.69. The Morgan fingerprint density at radius 1 is 0.846 bits per heavy atom. The molecule has 0 saturated carbocycles. The Labute approximate surface area is 150 Å². The number of hydrogen-bond donors (Lipinski definition) is 6. The fraction of sp³-hybridized carbons (Fsp3) is 0. The van der Waals surface area contributed by atoms with Crippen molar-refractivity contribution in [3.05, 3.63) is 71.8 Å². The molecule has 0 atom stereocenters. The van der Waals surface area contributed by atoms with Crippen molar-refractivity contribution in [1.29, 1.82) is 10.8 Å². The zero-order valence-electron chi connectivity index (χ0n) is 13.8. The Bertz CT molecular complexity index is 1010. The highest BCUT2D eigenvalue weighted by molar-refractivity contribution is 6.16. The van der Waals surface area contributed by atoms with Gasteiger partial charge < -0.3 is 22.1 Å². The van der Waals surface area contributed by atoms with Crippen LogP contribution in [0.4, 0.5) is 11.4 Å². The maximum atomic E-state index is 12.5. The van der Waals surface area contributed by atoms with Crippen LogP contribution in [0.3, 0.4) is 0 Å². The number of nitrogens with two attached hydrogens (primary N) is 2. The maximum absolute atomic E-state index is 12.5. The van der Waals surface area contributed by atoms with Gasteiger partial charge in [0.1, 0.15) is 5.84 Å². The summed E-state index contributed by atoms with van der Waals surface area (Å²) in [6, 6.07) is 17.7. The minimum Gasteiger partial charge on any atom is -0.384 e. The van der Waals surface area contributed by atoms with Gasteiger partial charge >= 0.3 is 0 Å². The van der Waals surface area contributed by atoms with Gasteiger partial charge in [-0.05, 0) is 41.1 Å². The summed E-state index contributed by atoms with van der Waals surface area (Å²) in [6.07, 6.45) is 0. The predicted octanol–water partition coefficient (Wildman–Crippen LogP) is 2.68. The number of hydrogen-bond acceptors (Lipinski definition) is 3. The molecule has 7 heteroatoms. The molecule has 0 aromatic heterocycles. The van der Waals surface area contributed by atoms with E-state index in [4.69, 9.17) is 22.3 Å². The van der Waals surface area contributed by atoms with Gasteiger partial charge in [0, 0.05) is 16.8 Å². The van der Waals surface area contributed by atoms with Crippen molar-refractivity contribution in [3.8, 4) is 0 Å². The van der Waals surface area contributed by atoms with Crippen LogP contribution in [0.15, 0.2) is 60.7 Å². The number of amides is 1. The molecule has 3 rings (SSSR count). The zero-order valence-corrected chi connectivity index (χ0v) is 13.8. The highest BCUT2D eigenvalue weighted by Gasteiger charge is 2.14. The number of carbonyl (C=O) groups excluding carboxylic acids is 1. The molecule has 0 aliphatic heterocycles. The SMILES string of the molecule is N=C(N)Nc1ccc(C(=O)Nc2ccc3ccccc3c2C(=N)N)cc1. The molecular formula is C19H18N6O. The molecule has 130 valence electrons. The Balaban J connectivity index is 1.91. The van der Waals surface area contributed by atoms with Crippen LogP contribution in [0.5, 0.6) is 0 Å². The highest BCUT2D eigenvalue weighted by atomic mass is 16.1. The molecule has 0 fully saturated rings. The number of anilines is 2. The van der Waals surface area contributed by atoms with Crippen molar-refractivity contribution in [3.63, 3.8) is 0 Å². The molecule has 8 N–H and O–H groups in total. The van der Waals surface area contributed by atoms with Gasteiger partial charge in [0.15, 0.2) is 5.96 Å². The fourth-order valence-electron chi connectivity index (χ4n) is 2.72. The van der Waals surface area contributed by atoms with Crippen molar-refractivity contribution >= 4 is 39.8 Å². The van der Waals surface area contributed by atoms with Crippen LogP contribution >= 0.6 is 0 Å². The monoisotopic (exact) mass is 346 g/mol. The van der Waals surface area contributed by atoms with Gasteiger partial charge in [0.05, 0.1) is 5.69 Å². The molecule has 0 radical (unpaired) electrons. The molecule has 26 heavy (non-hydrogen) atoms. The minimum absolute atomic E-state index is 0.113. The van der Waals surface area contributed by atoms with Gasteiger partial charge in [-0.3, -0.25) is 15.6 Å². The molecule has 0 bridgehead atoms. The van der Waals surface area contributed by atoms with Gasteiger partial charge in [0.2, 0.25) is 0 Å². The Morgan fingerprint density at radius 3 is 2.19 bits per heavy atom. The molecule has 0 saturated heterocycles. The lowest BCUT2D eigenvalue weighted by Gasteiger charge is -2.13. The molecule has 0 aliphatic rings. The van der Waals surface area contributed by atoms with Gasteiger partial charge in [-0.1, -0.05) is 30.3 Å². The normalized spacial score (nSPS) is 10.3. The summed E-state index contributed by atoms with van der Waals surface area (Å²) >= 11 is 0. The van der Waals surface area contributed by atoms with E-state index in [0.29, 0.717) is 22.5 Å². The first-order valence-electron chi connectivity index (χ1n) is 7.84. The number of carbonyl (C=O) groups is 1. The summed E-state index contributed by atoms with van der Waals surface area (Å²) in [4.78, 5) is 12.5. The van der Waals surface area contributed by atoms with Gasteiger partial charge in [-0.15, -0.1) is 0 Å². The molecular weight excluding hydrogens is 328 g/mol. The third-order valence-electron chi connectivity index (χ3n) is 3.87. The van der Waals surface area contributed by atoms with E-state index in [1.807, 2.05) is 30.3 Å². The lowest BCUT2D eigenvalue weighted by molar-refractivity contribution is 0.102. The molecule has 0 spiro atoms. The van der Waals surface area contributed by atoms with Gasteiger partial charge in [0.25, 0.3) is 5.91 Å². The summed E-state index contributed by atoms with van der Waals surface area (Å²) in [5, 5.41) is 22.3. The third kappa shape index (κ3) is 3.46. The number of amidine groups is 1. The topological polar surface area (TPSA) is 141 Å². The summed E-state index contributed by atoms with van der Waals surface area (Å²) in [7, 11) is 0. The van der Waals surface area contributed by atoms with E-state index in [0.717, 1.165) is 10.8 Å². The predicted molar refractivity (Wildman–Crippen MR) is 105 cm³/mol. The van der Waals surface area contributed by atoms with E-state index < -0.39 is 0 Å². The summed E-state index contributed by atoms with van der Waals surface area (Å²) in [5.74, 6) is -0.611. The molecule has 3 aromatic carbocycles. The fourth-order valence-corrected chi connectivity index (χ4v) is 2.72. The molecule has 0 heterocycles. The van der Waals surface area contributed by atoms with Crippen molar-refractivity contribution < 1.29 is 4.79 Å². The molecule has 3 aromatic rings. The average Bonchev–Trinajstić information content (AvgIpc) is 2.61. The summed E-state index contributed by atoms with van der Waals surface area (Å²) in [6.45, 7) is 0. The molecule has 7 nitrogen and oxygen atoms in total. The van der Waals surface area contributed by atoms with E-state index in [1.165, 1.54) is 0 Å². The summed E-state index contributed by atoms with van der Waals surface area (Å²) < 4.78 is 0. The summed E-state index contributed by atoms with van der Waals surface area (Å²) in [5.41, 5.74) is 13.0. The number of nitrogens with one attached hydrogen (secondary N) is 4. The molecule has 0 aliphatic carbocycles. The smallest absolute Gasteiger partial charge is 0.255 e. The Hall–Kier alpha value is -3.87. The Kier molecular flexibility index (Phi) is 4.53. The largest absolute Gasteiger partial charge is 0.384 e. The van der Waals surface area contributed by atoms with Crippen LogP contribution in [-0.2, 0) is 0 Å². The lowest BCUT2D eigenvalue weighted by atomic mass is 10.0. The Morgan fingerprint density at radius 2 is 1.54 bits per heavy atom. The number of guanidine groups is 1. The first kappa shape index (κ1) is 17.0. The number of nitrogen functional groups attached to an aromatic ring is 1. The zero-order chi connectivity index (χ0) is 18.7. The number of fused-ring (bicyclic) bond motifs is 1. The van der Waals surface area contributed by atoms with Gasteiger partial charge in [-0.25, -0.2) is 0 Å². The van der Waals surface area contributed by atoms with Crippen LogP contribution in [0.1, 0.15) is 15.9 Å². The second-order valence-electron chi connectivity index (χ2n) is 5.69. The van der Waals surface area contributed by atoms with Crippen molar-refractivity contribution in [2.24, 2.45) is 11.5 Å². The first-order valence-corrected chi connectivity index (χ1v) is 7.84. The van der Waals surface area contributed by atoms with Crippen molar-refractivity contribution in [2.45, 2.75) is 0 Å². The number of rotatable bonds is 4. The van der Waals surface area contributed by atoms with Gasteiger partial charge in [-0.2, -0.15) is 0 Å². The van der Waals surface area contributed by atoms with Crippen molar-refractivity contribution in [2.75, 3.05) is 10.6 Å². The van der Waals surface area contributed by atoms with Crippen LogP contribution in [0, 0.1) is 10.8 Å². The average molecular weight is 346 g/mol. The van der Waals surface area contributed by atoms with E-state index in [1.54, 1.807) is 30.3 Å². The second kappa shape index (κ2) is 6.94. The number of benzene rings is 3. The minimum atomic E-state index is -0.322. The third-order valence-corrected chi connectivity index (χ3v) is 3.87. The van der Waals surface area contributed by atoms with Crippen molar-refractivity contribution in [1.82, 2.24) is 0 Å². The van der Waals surface area contributed by atoms with E-state index >= 15 is 0 Å².